The zero-order valence-electron chi connectivity index (χ0n) is 25.4. The van der Waals surface area contributed by atoms with Crippen molar-refractivity contribution in [3.63, 3.8) is 0 Å². The van der Waals surface area contributed by atoms with Gasteiger partial charge in [0.25, 0.3) is 0 Å². The molecule has 0 unspecified atom stereocenters. The molecule has 4 aliphatic rings. The van der Waals surface area contributed by atoms with Crippen molar-refractivity contribution in [2.75, 3.05) is 27.2 Å². The average molecular weight is 637 g/mol. The van der Waals surface area contributed by atoms with Crippen molar-refractivity contribution in [3.05, 3.63) is 71.0 Å². The lowest BCUT2D eigenvalue weighted by molar-refractivity contribution is -0.176. The Morgan fingerprint density at radius 2 is 1.91 bits per heavy atom. The maximum Gasteiger partial charge on any atom is 0.357 e. The summed E-state index contributed by atoms with van der Waals surface area (Å²) in [5.41, 5.74) is 0.206. The summed E-state index contributed by atoms with van der Waals surface area (Å²) in [6.07, 6.45) is -2.08. The van der Waals surface area contributed by atoms with Gasteiger partial charge in [0.15, 0.2) is 23.7 Å². The predicted octanol–water partition coefficient (Wildman–Crippen LogP) is 1.14. The van der Waals surface area contributed by atoms with E-state index in [9.17, 15) is 29.4 Å². The quantitative estimate of drug-likeness (QED) is 0.259. The van der Waals surface area contributed by atoms with Crippen LogP contribution in [0.3, 0.4) is 0 Å². The number of piperidine rings is 1. The summed E-state index contributed by atoms with van der Waals surface area (Å²) in [5, 5.41) is 32.9. The number of benzene rings is 2. The Labute approximate surface area is 264 Å². The number of carbonyl (C=O) groups excluding carboxylic acids is 3. The molecule has 0 saturated carbocycles. The number of esters is 2. The second-order valence-corrected chi connectivity index (χ2v) is 12.1. The predicted molar refractivity (Wildman–Crippen MR) is 159 cm³/mol. The first-order valence-corrected chi connectivity index (χ1v) is 15.1. The van der Waals surface area contributed by atoms with Gasteiger partial charge in [-0.3, -0.25) is 9.59 Å². The highest BCUT2D eigenvalue weighted by atomic mass is 16.6. The van der Waals surface area contributed by atoms with Gasteiger partial charge in [-0.15, -0.1) is 0 Å². The number of hydrogen-bond acceptors (Lipinski definition) is 11. The normalized spacial score (nSPS) is 26.8. The second kappa shape index (κ2) is 12.0. The minimum atomic E-state index is -1.87. The molecular formula is C33H36N2O11. The summed E-state index contributed by atoms with van der Waals surface area (Å²) in [4.78, 5) is 51.5. The van der Waals surface area contributed by atoms with Crippen LogP contribution in [0.25, 0.3) is 0 Å². The molecule has 46 heavy (non-hydrogen) atoms. The van der Waals surface area contributed by atoms with Crippen LogP contribution in [0.1, 0.15) is 48.5 Å². The van der Waals surface area contributed by atoms with Crippen LogP contribution in [0, 0.1) is 0 Å². The van der Waals surface area contributed by atoms with Crippen molar-refractivity contribution in [1.29, 1.82) is 0 Å². The molecule has 2 heterocycles. The first kappa shape index (κ1) is 31.5. The van der Waals surface area contributed by atoms with E-state index in [0.29, 0.717) is 36.4 Å². The molecule has 2 aromatic rings. The van der Waals surface area contributed by atoms with E-state index in [1.165, 1.54) is 0 Å². The highest BCUT2D eigenvalue weighted by Crippen LogP contribution is 2.65. The number of carboxylic acids is 1. The Hall–Kier alpha value is -4.46. The molecule has 4 N–H and O–H groups in total. The zero-order valence-corrected chi connectivity index (χ0v) is 25.4. The SMILES string of the molecule is COc1ccc2c3c1O[C@H]1C(OC(=O)[C@H](OC(=O)CCNC(=O)C[C@H](O)C(=O)O)c4ccccc4)=CC[C@@]4(O)[C@@H](C2)N(C)CC[C@]314. The average Bonchev–Trinajstić information content (AvgIpc) is 3.39. The fraction of sp³-hybridized carbons (Fsp3) is 0.455. The molecule has 1 amide bonds. The van der Waals surface area contributed by atoms with Gasteiger partial charge in [-0.25, -0.2) is 9.59 Å². The maximum absolute atomic E-state index is 13.8. The molecule has 2 aliphatic heterocycles. The number of likely N-dealkylation sites (tertiary alicyclic amines) is 1. The lowest BCUT2D eigenvalue weighted by Gasteiger charge is -2.61. The molecule has 0 radical (unpaired) electrons. The number of likely N-dealkylation sites (N-methyl/N-ethyl adjacent to an activating group) is 1. The van der Waals surface area contributed by atoms with E-state index < -0.39 is 59.6 Å². The molecule has 2 bridgehead atoms. The van der Waals surface area contributed by atoms with E-state index >= 15 is 0 Å². The maximum atomic E-state index is 13.8. The highest BCUT2D eigenvalue weighted by Gasteiger charge is 2.72. The van der Waals surface area contributed by atoms with Crippen molar-refractivity contribution in [3.8, 4) is 11.5 Å². The van der Waals surface area contributed by atoms with Crippen molar-refractivity contribution in [1.82, 2.24) is 10.2 Å². The van der Waals surface area contributed by atoms with E-state index in [4.69, 9.17) is 24.1 Å². The number of nitrogens with zero attached hydrogens (tertiary/aromatic N) is 1. The van der Waals surface area contributed by atoms with Crippen molar-refractivity contribution < 1.29 is 53.4 Å². The smallest absolute Gasteiger partial charge is 0.357 e. The Balaban J connectivity index is 1.23. The van der Waals surface area contributed by atoms with Crippen LogP contribution in [-0.2, 0) is 40.5 Å². The summed E-state index contributed by atoms with van der Waals surface area (Å²) < 4.78 is 23.8. The largest absolute Gasteiger partial charge is 0.493 e. The number of carbonyl (C=O) groups is 4. The molecule has 2 aliphatic carbocycles. The van der Waals surface area contributed by atoms with Crippen molar-refractivity contribution >= 4 is 23.8 Å². The number of aliphatic hydroxyl groups excluding tert-OH is 1. The van der Waals surface area contributed by atoms with E-state index in [2.05, 4.69) is 10.2 Å². The molecule has 244 valence electrons. The number of rotatable bonds is 11. The molecule has 6 rings (SSSR count). The van der Waals surface area contributed by atoms with Gasteiger partial charge >= 0.3 is 17.9 Å². The number of ether oxygens (including phenoxy) is 4. The third-order valence-corrected chi connectivity index (χ3v) is 9.66. The molecule has 1 fully saturated rings. The van der Waals surface area contributed by atoms with E-state index in [0.717, 1.165) is 11.1 Å². The topological polar surface area (TPSA) is 181 Å². The Morgan fingerprint density at radius 3 is 2.63 bits per heavy atom. The van der Waals surface area contributed by atoms with Crippen LogP contribution >= 0.6 is 0 Å². The monoisotopic (exact) mass is 636 g/mol. The summed E-state index contributed by atoms with van der Waals surface area (Å²) in [5.74, 6) is -2.73. The van der Waals surface area contributed by atoms with Crippen LogP contribution in [0.4, 0.5) is 0 Å². The van der Waals surface area contributed by atoms with Crippen molar-refractivity contribution in [2.45, 2.75) is 67.5 Å². The fourth-order valence-electron chi connectivity index (χ4n) is 7.47. The molecule has 1 spiro atoms. The second-order valence-electron chi connectivity index (χ2n) is 12.1. The van der Waals surface area contributed by atoms with Crippen LogP contribution in [-0.4, -0.2) is 95.1 Å². The number of methoxy groups -OCH3 is 1. The van der Waals surface area contributed by atoms with Gasteiger partial charge in [0.1, 0.15) is 5.76 Å². The van der Waals surface area contributed by atoms with Crippen molar-refractivity contribution in [2.24, 2.45) is 0 Å². The lowest BCUT2D eigenvalue weighted by atomic mass is 9.50. The highest BCUT2D eigenvalue weighted by molar-refractivity contribution is 5.84. The minimum absolute atomic E-state index is 0.182. The lowest BCUT2D eigenvalue weighted by Crippen LogP contribution is -2.74. The summed E-state index contributed by atoms with van der Waals surface area (Å²) in [6.45, 7) is 0.487. The molecule has 1 saturated heterocycles. The summed E-state index contributed by atoms with van der Waals surface area (Å²) >= 11 is 0. The molecule has 13 heteroatoms. The number of carboxylic acid groups (broad SMARTS) is 1. The van der Waals surface area contributed by atoms with E-state index in [-0.39, 0.29) is 31.2 Å². The molecule has 13 nitrogen and oxygen atoms in total. The third-order valence-electron chi connectivity index (χ3n) is 9.66. The van der Waals surface area contributed by atoms with Crippen LogP contribution in [0.15, 0.2) is 54.3 Å². The van der Waals surface area contributed by atoms with Gasteiger partial charge in [0.05, 0.1) is 31.0 Å². The first-order valence-electron chi connectivity index (χ1n) is 15.1. The van der Waals surface area contributed by atoms with Gasteiger partial charge in [0, 0.05) is 30.1 Å². The van der Waals surface area contributed by atoms with Gasteiger partial charge < -0.3 is 44.5 Å². The number of aliphatic hydroxyl groups is 2. The first-order chi connectivity index (χ1) is 22.0. The van der Waals surface area contributed by atoms with Gasteiger partial charge in [-0.05, 0) is 44.1 Å². The van der Waals surface area contributed by atoms with Gasteiger partial charge in [-0.2, -0.15) is 0 Å². The minimum Gasteiger partial charge on any atom is -0.493 e. The third kappa shape index (κ3) is 5.08. The van der Waals surface area contributed by atoms with E-state index in [1.807, 2.05) is 19.2 Å². The Bertz CT molecular complexity index is 1590. The molecule has 6 atom stereocenters. The summed E-state index contributed by atoms with van der Waals surface area (Å²) in [7, 11) is 3.55. The number of hydrogen-bond donors (Lipinski definition) is 4. The molecule has 2 aromatic carbocycles. The Kier molecular flexibility index (Phi) is 8.25. The zero-order chi connectivity index (χ0) is 32.8. The Morgan fingerprint density at radius 1 is 1.15 bits per heavy atom. The van der Waals surface area contributed by atoms with Crippen LogP contribution < -0.4 is 14.8 Å². The van der Waals surface area contributed by atoms with E-state index in [1.54, 1.807) is 43.5 Å². The molecular weight excluding hydrogens is 600 g/mol. The van der Waals surface area contributed by atoms with Crippen LogP contribution in [0.5, 0.6) is 11.5 Å². The fourth-order valence-corrected chi connectivity index (χ4v) is 7.47. The molecule has 0 aromatic heterocycles. The standard InChI is InChI=1S/C33H36N2O11/c1-35-15-13-32-26-19-8-9-21(43-2)28(26)46-29(32)22(10-12-33(32,42)23(35)16-19)44-31(41)27(18-6-4-3-5-7-18)45-25(38)11-14-34-24(37)17-20(36)30(39)40/h3-10,20,23,27,29,36,42H,11-17H2,1-2H3,(H,34,37)(H,39,40)/t20-,23+,27+,29-,32-,33+/m0/s1. The number of nitrogens with one attached hydrogen (secondary N) is 1. The number of aliphatic carboxylic acids is 1. The number of amides is 1. The van der Waals surface area contributed by atoms with Gasteiger partial charge in [-0.1, -0.05) is 36.4 Å². The summed E-state index contributed by atoms with van der Waals surface area (Å²) in [6, 6.07) is 12.0. The van der Waals surface area contributed by atoms with Crippen LogP contribution in [0.2, 0.25) is 0 Å². The van der Waals surface area contributed by atoms with Gasteiger partial charge in [0.2, 0.25) is 12.0 Å².